The molecule has 0 heterocycles. The van der Waals surface area contributed by atoms with Gasteiger partial charge < -0.3 is 19.3 Å². The summed E-state index contributed by atoms with van der Waals surface area (Å²) in [6.45, 7) is 3.02. The molecule has 16 heteroatoms. The van der Waals surface area contributed by atoms with Gasteiger partial charge in [-0.3, -0.25) is 4.79 Å². The smallest absolute Gasteiger partial charge is 0.466 e. The molecule has 0 rings (SSSR count). The molecule has 1 N–H and O–H groups in total. The van der Waals surface area contributed by atoms with Crippen molar-refractivity contribution in [3.8, 4) is 0 Å². The van der Waals surface area contributed by atoms with Crippen LogP contribution in [0.2, 0.25) is 0 Å². The lowest BCUT2D eigenvalue weighted by Gasteiger charge is -2.34. The number of alkyl halides is 7. The minimum atomic E-state index is -6.90. The fourth-order valence-electron chi connectivity index (χ4n) is 1.77. The molecule has 0 aromatic carbocycles. The average molecular weight is 490 g/mol. The van der Waals surface area contributed by atoms with Crippen molar-refractivity contribution in [2.45, 2.75) is 56.3 Å². The van der Waals surface area contributed by atoms with E-state index < -0.39 is 63.7 Å². The highest BCUT2D eigenvalue weighted by atomic mass is 32.2. The molecule has 0 saturated carbocycles. The SMILES string of the molecule is C=C(C)C(=O)OC(OCCC(F)(F)C(F)(F)S(=O)(=O)[O-])(C(=O)NCCCC)C(F)(F)F. The third-order valence-corrected chi connectivity index (χ3v) is 4.46. The highest BCUT2D eigenvalue weighted by molar-refractivity contribution is 7.86. The van der Waals surface area contributed by atoms with Crippen molar-refractivity contribution < 1.29 is 62.8 Å². The van der Waals surface area contributed by atoms with Gasteiger partial charge in [0, 0.05) is 18.5 Å². The molecule has 1 amide bonds. The highest BCUT2D eigenvalue weighted by Crippen LogP contribution is 2.42. The molecule has 1 unspecified atom stereocenters. The lowest BCUT2D eigenvalue weighted by atomic mass is 10.2. The molecule has 0 aliphatic carbocycles. The predicted octanol–water partition coefficient (Wildman–Crippen LogP) is 2.46. The minimum Gasteiger partial charge on any atom is -0.743 e. The van der Waals surface area contributed by atoms with Gasteiger partial charge in [-0.15, -0.1) is 0 Å². The summed E-state index contributed by atoms with van der Waals surface area (Å²) in [5.74, 6) is -14.2. The van der Waals surface area contributed by atoms with Crippen LogP contribution in [0.1, 0.15) is 33.1 Å². The zero-order valence-corrected chi connectivity index (χ0v) is 17.0. The second kappa shape index (κ2) is 10.1. The van der Waals surface area contributed by atoms with Gasteiger partial charge >= 0.3 is 35.0 Å². The third-order valence-electron chi connectivity index (χ3n) is 3.53. The van der Waals surface area contributed by atoms with Gasteiger partial charge in [0.2, 0.25) is 0 Å². The number of carbonyl (C=O) groups excluding carboxylic acids is 2. The van der Waals surface area contributed by atoms with Crippen LogP contribution in [-0.4, -0.2) is 61.1 Å². The lowest BCUT2D eigenvalue weighted by Crippen LogP contribution is -2.62. The largest absolute Gasteiger partial charge is 0.743 e. The van der Waals surface area contributed by atoms with Crippen LogP contribution in [0.3, 0.4) is 0 Å². The maximum absolute atomic E-state index is 13.6. The molecule has 0 radical (unpaired) electrons. The van der Waals surface area contributed by atoms with Crippen molar-refractivity contribution in [2.24, 2.45) is 0 Å². The van der Waals surface area contributed by atoms with Gasteiger partial charge in [-0.05, 0) is 13.3 Å². The Morgan fingerprint density at radius 1 is 1.10 bits per heavy atom. The summed E-state index contributed by atoms with van der Waals surface area (Å²) in [5.41, 5.74) is -0.659. The Kier molecular flexibility index (Phi) is 9.49. The van der Waals surface area contributed by atoms with Crippen molar-refractivity contribution in [1.82, 2.24) is 5.32 Å². The van der Waals surface area contributed by atoms with E-state index in [1.807, 2.05) is 0 Å². The van der Waals surface area contributed by atoms with Crippen LogP contribution < -0.4 is 5.32 Å². The van der Waals surface area contributed by atoms with Crippen molar-refractivity contribution in [3.05, 3.63) is 12.2 Å². The van der Waals surface area contributed by atoms with E-state index in [1.165, 1.54) is 0 Å². The van der Waals surface area contributed by atoms with Gasteiger partial charge in [-0.1, -0.05) is 19.9 Å². The molecule has 0 aromatic heterocycles. The summed E-state index contributed by atoms with van der Waals surface area (Å²) >= 11 is 0. The van der Waals surface area contributed by atoms with Gasteiger partial charge in [0.15, 0.2) is 10.1 Å². The zero-order chi connectivity index (χ0) is 24.9. The fourth-order valence-corrected chi connectivity index (χ4v) is 2.24. The maximum Gasteiger partial charge on any atom is 0.466 e. The third kappa shape index (κ3) is 6.77. The molecule has 0 saturated heterocycles. The molecule has 0 spiro atoms. The average Bonchev–Trinajstić information content (AvgIpc) is 2.58. The Balaban J connectivity index is 5.96. The molecule has 0 fully saturated rings. The van der Waals surface area contributed by atoms with Crippen molar-refractivity contribution in [1.29, 1.82) is 0 Å². The minimum absolute atomic E-state index is 0.153. The Bertz CT molecular complexity index is 783. The van der Waals surface area contributed by atoms with Gasteiger partial charge in [0.25, 0.3) is 0 Å². The molecule has 0 aliphatic heterocycles. The summed E-state index contributed by atoms with van der Waals surface area (Å²) in [6.07, 6.45) is -7.79. The Morgan fingerprint density at radius 3 is 2.00 bits per heavy atom. The first-order chi connectivity index (χ1) is 13.8. The maximum atomic E-state index is 13.6. The van der Waals surface area contributed by atoms with E-state index in [1.54, 1.807) is 12.2 Å². The Labute approximate surface area is 172 Å². The number of nitrogens with one attached hydrogen (secondary N) is 1. The second-order valence-electron chi connectivity index (χ2n) is 6.17. The second-order valence-corrected chi connectivity index (χ2v) is 7.59. The number of ether oxygens (including phenoxy) is 2. The van der Waals surface area contributed by atoms with E-state index in [4.69, 9.17) is 0 Å². The Morgan fingerprint density at radius 2 is 1.61 bits per heavy atom. The monoisotopic (exact) mass is 490 g/mol. The van der Waals surface area contributed by atoms with Crippen LogP contribution in [0.5, 0.6) is 0 Å². The summed E-state index contributed by atoms with van der Waals surface area (Å²) in [4.78, 5) is 23.7. The molecule has 31 heavy (non-hydrogen) atoms. The first-order valence-corrected chi connectivity index (χ1v) is 9.76. The summed E-state index contributed by atoms with van der Waals surface area (Å²) in [7, 11) is -6.90. The molecule has 1 atom stereocenters. The van der Waals surface area contributed by atoms with E-state index in [-0.39, 0.29) is 13.0 Å². The van der Waals surface area contributed by atoms with Crippen LogP contribution in [-0.2, 0) is 29.2 Å². The van der Waals surface area contributed by atoms with E-state index in [9.17, 15) is 53.3 Å². The lowest BCUT2D eigenvalue weighted by molar-refractivity contribution is -0.349. The summed E-state index contributed by atoms with van der Waals surface area (Å²) < 4.78 is 133. The van der Waals surface area contributed by atoms with Crippen LogP contribution >= 0.6 is 0 Å². The number of carbonyl (C=O) groups is 2. The van der Waals surface area contributed by atoms with E-state index in [2.05, 4.69) is 16.1 Å². The molecule has 0 aromatic rings. The van der Waals surface area contributed by atoms with E-state index >= 15 is 0 Å². The van der Waals surface area contributed by atoms with Crippen LogP contribution in [0.25, 0.3) is 0 Å². The molecule has 0 bridgehead atoms. The van der Waals surface area contributed by atoms with Gasteiger partial charge in [-0.25, -0.2) is 13.2 Å². The molecular formula is C15H19F7NO7S-. The fraction of sp³-hybridized carbons (Fsp3) is 0.733. The normalized spacial score (nSPS) is 15.2. The van der Waals surface area contributed by atoms with E-state index in [0.717, 1.165) is 6.92 Å². The topological polar surface area (TPSA) is 122 Å². The van der Waals surface area contributed by atoms with Crippen molar-refractivity contribution in [3.63, 3.8) is 0 Å². The number of unbranched alkanes of at least 4 members (excludes halogenated alkanes) is 1. The number of hydrogen-bond donors (Lipinski definition) is 1. The quantitative estimate of drug-likeness (QED) is 0.111. The summed E-state index contributed by atoms with van der Waals surface area (Å²) in [6, 6.07) is 0. The molecule has 0 aliphatic rings. The first kappa shape index (κ1) is 29.1. The van der Waals surface area contributed by atoms with E-state index in [0.29, 0.717) is 6.42 Å². The molecule has 8 nitrogen and oxygen atoms in total. The molecule has 182 valence electrons. The first-order valence-electron chi connectivity index (χ1n) is 8.35. The number of amides is 1. The Hall–Kier alpha value is -1.94. The zero-order valence-electron chi connectivity index (χ0n) is 16.2. The predicted molar refractivity (Wildman–Crippen MR) is 87.8 cm³/mol. The standard InChI is InChI=1S/C15H20F7NO7S/c1-4-5-7-23-11(25)13(14(18,19)20,30-10(24)9(2)3)29-8-6-12(16,17)15(21,22)31(26,27)28/h2,4-8H2,1,3H3,(H,23,25)(H,26,27,28)/p-1. The van der Waals surface area contributed by atoms with Gasteiger partial charge in [-0.2, -0.15) is 30.7 Å². The number of esters is 1. The van der Waals surface area contributed by atoms with Crippen LogP contribution in [0.4, 0.5) is 30.7 Å². The molecular weight excluding hydrogens is 471 g/mol. The van der Waals surface area contributed by atoms with Gasteiger partial charge in [0.1, 0.15) is 0 Å². The summed E-state index contributed by atoms with van der Waals surface area (Å²) in [5, 5.41) is -4.49. The van der Waals surface area contributed by atoms with Crippen LogP contribution in [0.15, 0.2) is 12.2 Å². The number of hydrogen-bond acceptors (Lipinski definition) is 7. The number of rotatable bonds is 12. The van der Waals surface area contributed by atoms with Crippen LogP contribution in [0, 0.1) is 0 Å². The van der Waals surface area contributed by atoms with Crippen molar-refractivity contribution in [2.75, 3.05) is 13.2 Å². The van der Waals surface area contributed by atoms with Gasteiger partial charge in [0.05, 0.1) is 6.61 Å². The van der Waals surface area contributed by atoms with Crippen molar-refractivity contribution >= 4 is 22.0 Å². The number of halogens is 7. The highest BCUT2D eigenvalue weighted by Gasteiger charge is 2.67.